The van der Waals surface area contributed by atoms with Crippen molar-refractivity contribution in [3.8, 4) is 0 Å². The molecule has 5 nitrogen and oxygen atoms in total. The Kier molecular flexibility index (Phi) is 11.7. The van der Waals surface area contributed by atoms with Crippen LogP contribution in [-0.2, 0) is 19.6 Å². The second-order valence-electron chi connectivity index (χ2n) is 9.96. The van der Waals surface area contributed by atoms with Crippen molar-refractivity contribution in [2.24, 2.45) is 5.41 Å². The van der Waals surface area contributed by atoms with Gasteiger partial charge in [-0.2, -0.15) is 101 Å². The molecule has 0 spiro atoms. The molecule has 0 aliphatic carbocycles. The average Bonchev–Trinajstić information content (AvgIpc) is 2.88. The lowest BCUT2D eigenvalue weighted by Crippen LogP contribution is -2.78. The van der Waals surface area contributed by atoms with Gasteiger partial charge in [0, 0.05) is 6.54 Å². The number of alkyl halides is 23. The van der Waals surface area contributed by atoms with Crippen LogP contribution in [0.2, 0.25) is 0 Å². The van der Waals surface area contributed by atoms with E-state index in [0.717, 1.165) is 13.8 Å². The van der Waals surface area contributed by atoms with E-state index in [9.17, 15) is 114 Å². The second kappa shape index (κ2) is 12.2. The molecular weight excluding hydrogens is 775 g/mol. The van der Waals surface area contributed by atoms with Crippen molar-refractivity contribution in [3.05, 3.63) is 0 Å². The summed E-state index contributed by atoms with van der Waals surface area (Å²) in [6.45, 7) is 0.303. The maximum atomic E-state index is 14.0. The largest absolute Gasteiger partial charge is 0.464 e. The van der Waals surface area contributed by atoms with Gasteiger partial charge in [-0.1, -0.05) is 6.92 Å². The van der Waals surface area contributed by atoms with Crippen LogP contribution in [0, 0.1) is 5.41 Å². The summed E-state index contributed by atoms with van der Waals surface area (Å²) in [5.74, 6) is -84.5. The molecule has 0 aromatic carbocycles. The molecule has 0 aromatic heterocycles. The van der Waals surface area contributed by atoms with Crippen molar-refractivity contribution < 1.29 is 119 Å². The van der Waals surface area contributed by atoms with Crippen LogP contribution >= 0.6 is 0 Å². The van der Waals surface area contributed by atoms with Gasteiger partial charge in [-0.25, -0.2) is 13.1 Å². The Bertz CT molecular complexity index is 1290. The summed E-state index contributed by atoms with van der Waals surface area (Å²) in [6, 6.07) is 0. The highest BCUT2D eigenvalue weighted by atomic mass is 32.2. The predicted molar refractivity (Wildman–Crippen MR) is 107 cm³/mol. The fraction of sp³-hybridized carbons (Fsp3) is 0.947. The van der Waals surface area contributed by atoms with Crippen molar-refractivity contribution in [2.75, 3.05) is 13.2 Å². The van der Waals surface area contributed by atoms with Crippen molar-refractivity contribution in [2.45, 2.75) is 91.9 Å². The summed E-state index contributed by atoms with van der Waals surface area (Å²) in [6.07, 6.45) is -8.22. The van der Waals surface area contributed by atoms with Gasteiger partial charge in [-0.3, -0.25) is 4.79 Å². The van der Waals surface area contributed by atoms with E-state index in [1.54, 1.807) is 0 Å². The molecule has 0 aliphatic rings. The third-order valence-electron chi connectivity index (χ3n) is 6.28. The molecule has 0 rings (SSSR count). The second-order valence-corrected chi connectivity index (χ2v) is 11.8. The lowest BCUT2D eigenvalue weighted by Gasteiger charge is -2.45. The Morgan fingerprint density at radius 1 is 0.521 bits per heavy atom. The number of rotatable bonds is 16. The third-order valence-corrected chi connectivity index (χ3v) is 7.79. The molecule has 0 saturated carbocycles. The molecule has 29 heteroatoms. The highest BCUT2D eigenvalue weighted by Gasteiger charge is 2.99. The van der Waals surface area contributed by atoms with Gasteiger partial charge in [-0.05, 0) is 20.3 Å². The Morgan fingerprint density at radius 3 is 1.06 bits per heavy atom. The molecule has 48 heavy (non-hydrogen) atoms. The van der Waals surface area contributed by atoms with Crippen molar-refractivity contribution in [3.63, 3.8) is 0 Å². The quantitative estimate of drug-likeness (QED) is 0.0987. The van der Waals surface area contributed by atoms with Gasteiger partial charge in [0.25, 0.3) is 10.0 Å². The molecular formula is C19H16F23NO4S. The molecule has 0 amide bonds. The van der Waals surface area contributed by atoms with E-state index in [4.69, 9.17) is 0 Å². The molecule has 0 unspecified atom stereocenters. The van der Waals surface area contributed by atoms with Gasteiger partial charge in [0.05, 0.1) is 5.41 Å². The standard InChI is InChI=1S/C19H16F23NO4S/c1-4-8(2,3)7(44)47-6-5-43-48(45,46)19(41,42)17(36,37)15(32,33)13(28,29)11(24,25)9(20,21)10(22,23)12(26,27)14(30,31)16(34,35)18(38,39)40/h43H,4-6H2,1-3H3. The first-order valence-corrected chi connectivity index (χ1v) is 12.9. The fourth-order valence-electron chi connectivity index (χ4n) is 2.66. The normalized spacial score (nSPS) is 16.3. The van der Waals surface area contributed by atoms with Crippen molar-refractivity contribution in [1.82, 2.24) is 4.72 Å². The number of esters is 1. The lowest BCUT2D eigenvalue weighted by molar-refractivity contribution is -0.476. The van der Waals surface area contributed by atoms with Crippen LogP contribution in [0.25, 0.3) is 0 Å². The molecule has 288 valence electrons. The zero-order chi connectivity index (χ0) is 39.6. The molecule has 0 bridgehead atoms. The smallest absolute Gasteiger partial charge is 0.460 e. The number of sulfonamides is 1. The van der Waals surface area contributed by atoms with Crippen molar-refractivity contribution in [1.29, 1.82) is 0 Å². The molecule has 0 heterocycles. The van der Waals surface area contributed by atoms with Crippen LogP contribution in [-0.4, -0.2) is 92.3 Å². The van der Waals surface area contributed by atoms with Crippen LogP contribution in [0.15, 0.2) is 0 Å². The van der Waals surface area contributed by atoms with Crippen LogP contribution in [0.1, 0.15) is 27.2 Å². The van der Waals surface area contributed by atoms with E-state index < -0.39 is 99.3 Å². The maximum Gasteiger partial charge on any atom is 0.460 e. The first-order chi connectivity index (χ1) is 20.4. The summed E-state index contributed by atoms with van der Waals surface area (Å²) in [5.41, 5.74) is -1.41. The number of ether oxygens (including phenoxy) is 1. The summed E-state index contributed by atoms with van der Waals surface area (Å²) in [4.78, 5) is 11.7. The van der Waals surface area contributed by atoms with E-state index in [1.807, 2.05) is 0 Å². The first kappa shape index (κ1) is 45.8. The van der Waals surface area contributed by atoms with Gasteiger partial charge >= 0.3 is 70.7 Å². The lowest BCUT2D eigenvalue weighted by atomic mass is 9.86. The number of halogens is 23. The highest BCUT2D eigenvalue weighted by Crippen LogP contribution is 2.67. The van der Waals surface area contributed by atoms with E-state index in [2.05, 4.69) is 4.74 Å². The van der Waals surface area contributed by atoms with Crippen molar-refractivity contribution >= 4 is 16.0 Å². The van der Waals surface area contributed by atoms with Crippen LogP contribution in [0.5, 0.6) is 0 Å². The predicted octanol–water partition coefficient (Wildman–Crippen LogP) is 7.76. The number of carbonyl (C=O) groups is 1. The summed E-state index contributed by atoms with van der Waals surface area (Å²) in [7, 11) is -7.71. The Balaban J connectivity index is 6.93. The number of hydrogen-bond donors (Lipinski definition) is 1. The SMILES string of the molecule is CCC(C)(C)C(=O)OCCNS(=O)(=O)C(F)(F)C(F)(F)C(F)(F)C(F)(F)C(F)(F)C(F)(F)C(F)(F)C(F)(F)C(F)(F)C(F)(F)C(F)(F)F. The molecule has 0 fully saturated rings. The highest BCUT2D eigenvalue weighted by molar-refractivity contribution is 7.90. The summed E-state index contributed by atoms with van der Waals surface area (Å²) in [5, 5.41) is -7.97. The van der Waals surface area contributed by atoms with Gasteiger partial charge in [0.15, 0.2) is 0 Å². The Morgan fingerprint density at radius 2 is 0.792 bits per heavy atom. The summed E-state index contributed by atoms with van der Waals surface area (Å²) < 4.78 is 337. The van der Waals surface area contributed by atoms with Crippen LogP contribution in [0.4, 0.5) is 101 Å². The van der Waals surface area contributed by atoms with Gasteiger partial charge in [0.1, 0.15) is 6.61 Å². The number of carbonyl (C=O) groups excluding carboxylic acids is 1. The maximum absolute atomic E-state index is 14.0. The zero-order valence-corrected chi connectivity index (χ0v) is 23.7. The van der Waals surface area contributed by atoms with E-state index in [1.165, 1.54) is 6.92 Å². The zero-order valence-electron chi connectivity index (χ0n) is 22.9. The minimum Gasteiger partial charge on any atom is -0.464 e. The van der Waals surface area contributed by atoms with Gasteiger partial charge < -0.3 is 4.74 Å². The number of hydrogen-bond acceptors (Lipinski definition) is 4. The summed E-state index contributed by atoms with van der Waals surface area (Å²) >= 11 is 0. The van der Waals surface area contributed by atoms with E-state index in [-0.39, 0.29) is 11.1 Å². The van der Waals surface area contributed by atoms with E-state index in [0.29, 0.717) is 0 Å². The third kappa shape index (κ3) is 6.19. The van der Waals surface area contributed by atoms with Gasteiger partial charge in [-0.15, -0.1) is 0 Å². The molecule has 0 saturated heterocycles. The molecule has 1 N–H and O–H groups in total. The fourth-order valence-corrected chi connectivity index (χ4v) is 3.66. The molecule has 0 radical (unpaired) electrons. The Hall–Kier alpha value is -2.23. The number of nitrogens with one attached hydrogen (secondary N) is 1. The van der Waals surface area contributed by atoms with Crippen LogP contribution in [0.3, 0.4) is 0 Å². The van der Waals surface area contributed by atoms with Crippen LogP contribution < -0.4 is 4.72 Å². The first-order valence-electron chi connectivity index (χ1n) is 11.4. The molecule has 0 aromatic rings. The monoisotopic (exact) mass is 791 g/mol. The topological polar surface area (TPSA) is 72.5 Å². The molecule has 0 atom stereocenters. The Labute approximate surface area is 251 Å². The average molecular weight is 791 g/mol. The van der Waals surface area contributed by atoms with E-state index >= 15 is 0 Å². The molecule has 0 aliphatic heterocycles. The minimum atomic E-state index is -9.60. The van der Waals surface area contributed by atoms with Gasteiger partial charge in [0.2, 0.25) is 0 Å². The minimum absolute atomic E-state index is 0.0408.